The van der Waals surface area contributed by atoms with Gasteiger partial charge in [-0.3, -0.25) is 9.89 Å². The quantitative estimate of drug-likeness (QED) is 0.305. The average molecular weight is 491 g/mol. The van der Waals surface area contributed by atoms with Crippen LogP contribution in [0.5, 0.6) is 5.88 Å². The number of aromatic nitrogens is 5. The zero-order chi connectivity index (χ0) is 24.1. The lowest BCUT2D eigenvalue weighted by Gasteiger charge is -2.19. The molecule has 34 heavy (non-hydrogen) atoms. The lowest BCUT2D eigenvalue weighted by Crippen LogP contribution is -2.37. The minimum Gasteiger partial charge on any atom is -0.461 e. The number of aromatic amines is 1. The van der Waals surface area contributed by atoms with Gasteiger partial charge in [-0.05, 0) is 24.3 Å². The fourth-order valence-corrected chi connectivity index (χ4v) is 3.18. The zero-order valence-electron chi connectivity index (χ0n) is 17.3. The number of fused-ring (bicyclic) bond motifs is 1. The van der Waals surface area contributed by atoms with Gasteiger partial charge in [-0.1, -0.05) is 17.7 Å². The Morgan fingerprint density at radius 1 is 1.21 bits per heavy atom. The lowest BCUT2D eigenvalue weighted by atomic mass is 10.2. The van der Waals surface area contributed by atoms with Crippen LogP contribution in [-0.2, 0) is 9.53 Å². The summed E-state index contributed by atoms with van der Waals surface area (Å²) in [6.07, 6.45) is 1.04. The minimum absolute atomic E-state index is 0.0527. The number of nitrogens with zero attached hydrogens (tertiary/aromatic N) is 4. The third-order valence-electron chi connectivity index (χ3n) is 4.49. The standard InChI is InChI=1S/C21H17ClF2N6O4/c22-13-2-1-3-14(24)17(13)19-28-18-12(9-26-30-18)21(29-19)34-15(10-33-7-6-31)20(32)27-16-5-4-11(23)8-25-16/h1-5,8-9,15,31H,6-7,10H2,(H,25,27,32)(H,26,28,29,30)/t15-/m0/s1. The van der Waals surface area contributed by atoms with Crippen molar-refractivity contribution < 1.29 is 28.2 Å². The number of benzene rings is 1. The molecule has 3 heterocycles. The van der Waals surface area contributed by atoms with Crippen LogP contribution in [0.15, 0.2) is 42.7 Å². The van der Waals surface area contributed by atoms with Crippen molar-refractivity contribution in [1.82, 2.24) is 25.1 Å². The van der Waals surface area contributed by atoms with Crippen LogP contribution >= 0.6 is 11.6 Å². The molecule has 0 bridgehead atoms. The monoisotopic (exact) mass is 490 g/mol. The van der Waals surface area contributed by atoms with Gasteiger partial charge in [0.05, 0.1) is 42.8 Å². The smallest absolute Gasteiger partial charge is 0.269 e. The second kappa shape index (κ2) is 10.5. The molecule has 3 aromatic heterocycles. The number of aliphatic hydroxyl groups excluding tert-OH is 1. The highest BCUT2D eigenvalue weighted by Gasteiger charge is 2.25. The van der Waals surface area contributed by atoms with Gasteiger partial charge >= 0.3 is 0 Å². The van der Waals surface area contributed by atoms with Gasteiger partial charge in [0.1, 0.15) is 22.8 Å². The second-order valence-electron chi connectivity index (χ2n) is 6.84. The molecule has 1 aromatic carbocycles. The molecule has 4 rings (SSSR count). The normalized spacial score (nSPS) is 12.0. The largest absolute Gasteiger partial charge is 0.461 e. The number of hydrogen-bond acceptors (Lipinski definition) is 8. The maximum Gasteiger partial charge on any atom is 0.269 e. The molecule has 0 aliphatic carbocycles. The van der Waals surface area contributed by atoms with E-state index in [9.17, 15) is 13.6 Å². The molecule has 10 nitrogen and oxygen atoms in total. The maximum absolute atomic E-state index is 14.5. The molecule has 0 fully saturated rings. The topological polar surface area (TPSA) is 135 Å². The number of carbonyl (C=O) groups is 1. The van der Waals surface area contributed by atoms with E-state index in [0.717, 1.165) is 12.3 Å². The van der Waals surface area contributed by atoms with Crippen LogP contribution in [0.1, 0.15) is 0 Å². The summed E-state index contributed by atoms with van der Waals surface area (Å²) in [6, 6.07) is 6.53. The Bertz CT molecular complexity index is 1280. The van der Waals surface area contributed by atoms with E-state index < -0.39 is 23.6 Å². The molecular weight excluding hydrogens is 474 g/mol. The van der Waals surface area contributed by atoms with E-state index in [1.54, 1.807) is 0 Å². The maximum atomic E-state index is 14.5. The Balaban J connectivity index is 1.68. The molecule has 0 radical (unpaired) electrons. The predicted molar refractivity (Wildman–Crippen MR) is 117 cm³/mol. The molecule has 1 atom stereocenters. The number of amides is 1. The number of H-pyrrole nitrogens is 1. The molecular formula is C21H17ClF2N6O4. The Hall–Kier alpha value is -3.74. The van der Waals surface area contributed by atoms with Crippen molar-refractivity contribution in [3.8, 4) is 17.3 Å². The van der Waals surface area contributed by atoms with Crippen LogP contribution in [-0.4, -0.2) is 62.1 Å². The zero-order valence-corrected chi connectivity index (χ0v) is 18.1. The van der Waals surface area contributed by atoms with E-state index in [1.165, 1.54) is 30.5 Å². The fraction of sp³-hybridized carbons (Fsp3) is 0.190. The molecule has 0 unspecified atom stereocenters. The summed E-state index contributed by atoms with van der Waals surface area (Å²) < 4.78 is 38.7. The third kappa shape index (κ3) is 5.25. The van der Waals surface area contributed by atoms with E-state index in [4.69, 9.17) is 26.2 Å². The molecule has 0 spiro atoms. The summed E-state index contributed by atoms with van der Waals surface area (Å²) in [4.78, 5) is 25.2. The molecule has 3 N–H and O–H groups in total. The Morgan fingerprint density at radius 3 is 2.79 bits per heavy atom. The van der Waals surface area contributed by atoms with Gasteiger partial charge in [0, 0.05) is 0 Å². The summed E-state index contributed by atoms with van der Waals surface area (Å²) in [7, 11) is 0. The third-order valence-corrected chi connectivity index (χ3v) is 4.81. The number of ether oxygens (including phenoxy) is 2. The number of halogens is 3. The predicted octanol–water partition coefficient (Wildman–Crippen LogP) is 2.74. The van der Waals surface area contributed by atoms with E-state index in [0.29, 0.717) is 5.39 Å². The highest BCUT2D eigenvalue weighted by molar-refractivity contribution is 6.33. The summed E-state index contributed by atoms with van der Waals surface area (Å²) in [5.41, 5.74) is 0.161. The number of anilines is 1. The Morgan fingerprint density at radius 2 is 2.06 bits per heavy atom. The molecule has 0 aliphatic heterocycles. The number of aliphatic hydroxyl groups is 1. The molecule has 176 valence electrons. The average Bonchev–Trinajstić information content (AvgIpc) is 3.29. The number of carbonyl (C=O) groups excluding carboxylic acids is 1. The van der Waals surface area contributed by atoms with Crippen LogP contribution in [0.25, 0.3) is 22.4 Å². The number of pyridine rings is 1. The van der Waals surface area contributed by atoms with Crippen LogP contribution in [0.3, 0.4) is 0 Å². The van der Waals surface area contributed by atoms with Crippen molar-refractivity contribution >= 4 is 34.4 Å². The molecule has 13 heteroatoms. The lowest BCUT2D eigenvalue weighted by molar-refractivity contribution is -0.125. The minimum atomic E-state index is -1.28. The van der Waals surface area contributed by atoms with E-state index in [1.807, 2.05) is 0 Å². The van der Waals surface area contributed by atoms with Crippen molar-refractivity contribution in [2.45, 2.75) is 6.10 Å². The Labute approximate surface area is 195 Å². The number of nitrogens with one attached hydrogen (secondary N) is 2. The summed E-state index contributed by atoms with van der Waals surface area (Å²) >= 11 is 6.16. The van der Waals surface area contributed by atoms with E-state index in [-0.39, 0.29) is 53.6 Å². The van der Waals surface area contributed by atoms with Gasteiger partial charge in [-0.15, -0.1) is 0 Å². The van der Waals surface area contributed by atoms with Crippen LogP contribution in [0, 0.1) is 11.6 Å². The van der Waals surface area contributed by atoms with Crippen LogP contribution < -0.4 is 10.1 Å². The Kier molecular flexibility index (Phi) is 7.21. The first-order valence-corrected chi connectivity index (χ1v) is 10.3. The first kappa shape index (κ1) is 23.4. The highest BCUT2D eigenvalue weighted by Crippen LogP contribution is 2.32. The highest BCUT2D eigenvalue weighted by atomic mass is 35.5. The summed E-state index contributed by atoms with van der Waals surface area (Å²) in [5, 5.41) is 18.4. The second-order valence-corrected chi connectivity index (χ2v) is 7.24. The van der Waals surface area contributed by atoms with Gasteiger partial charge in [0.15, 0.2) is 11.5 Å². The van der Waals surface area contributed by atoms with E-state index in [2.05, 4.69) is 30.5 Å². The van der Waals surface area contributed by atoms with Gasteiger partial charge in [-0.25, -0.2) is 18.7 Å². The van der Waals surface area contributed by atoms with Crippen molar-refractivity contribution in [3.05, 3.63) is 59.4 Å². The van der Waals surface area contributed by atoms with Crippen molar-refractivity contribution in [2.24, 2.45) is 0 Å². The first-order valence-electron chi connectivity index (χ1n) is 9.89. The van der Waals surface area contributed by atoms with Crippen LogP contribution in [0.4, 0.5) is 14.6 Å². The van der Waals surface area contributed by atoms with Crippen molar-refractivity contribution in [3.63, 3.8) is 0 Å². The first-order chi connectivity index (χ1) is 16.5. The van der Waals surface area contributed by atoms with Gasteiger partial charge in [0.25, 0.3) is 5.91 Å². The van der Waals surface area contributed by atoms with Gasteiger partial charge in [0.2, 0.25) is 12.0 Å². The van der Waals surface area contributed by atoms with Gasteiger partial charge < -0.3 is 19.9 Å². The molecule has 4 aromatic rings. The van der Waals surface area contributed by atoms with E-state index >= 15 is 0 Å². The van der Waals surface area contributed by atoms with Crippen LogP contribution in [0.2, 0.25) is 5.02 Å². The molecule has 1 amide bonds. The fourth-order valence-electron chi connectivity index (χ4n) is 2.93. The molecule has 0 saturated heterocycles. The molecule has 0 aliphatic rings. The van der Waals surface area contributed by atoms with Crippen molar-refractivity contribution in [1.29, 1.82) is 0 Å². The SMILES string of the molecule is O=C(Nc1ccc(F)cn1)[C@H](COCCO)Oc1nc(-c2c(F)cccc2Cl)nc2[nH]ncc12. The summed E-state index contributed by atoms with van der Waals surface area (Å²) in [5.74, 6) is -2.01. The number of hydrogen-bond donors (Lipinski definition) is 3. The van der Waals surface area contributed by atoms with Crippen molar-refractivity contribution in [2.75, 3.05) is 25.1 Å². The molecule has 0 saturated carbocycles. The van der Waals surface area contributed by atoms with Gasteiger partial charge in [-0.2, -0.15) is 10.1 Å². The number of rotatable bonds is 9. The summed E-state index contributed by atoms with van der Waals surface area (Å²) in [6.45, 7) is -0.598.